The molecule has 19 heavy (non-hydrogen) atoms. The van der Waals surface area contributed by atoms with E-state index in [1.165, 1.54) is 12.8 Å². The molecule has 1 aromatic rings. The Morgan fingerprint density at radius 2 is 2.21 bits per heavy atom. The highest BCUT2D eigenvalue weighted by Gasteiger charge is 2.32. The quantitative estimate of drug-likeness (QED) is 0.876. The van der Waals surface area contributed by atoms with Crippen LogP contribution < -0.4 is 10.6 Å². The van der Waals surface area contributed by atoms with Crippen LogP contribution >= 0.6 is 0 Å². The molecule has 1 saturated carbocycles. The van der Waals surface area contributed by atoms with Crippen molar-refractivity contribution in [3.63, 3.8) is 0 Å². The predicted octanol–water partition coefficient (Wildman–Crippen LogP) is 2.68. The number of carbonyl (C=O) groups excluding carboxylic acids is 1. The van der Waals surface area contributed by atoms with Crippen LogP contribution in [-0.2, 0) is 0 Å². The van der Waals surface area contributed by atoms with E-state index in [-0.39, 0.29) is 11.9 Å². The molecule has 1 fully saturated rings. The van der Waals surface area contributed by atoms with Crippen molar-refractivity contribution in [2.75, 3.05) is 12.4 Å². The van der Waals surface area contributed by atoms with Gasteiger partial charge in [-0.1, -0.05) is 26.3 Å². The van der Waals surface area contributed by atoms with Crippen LogP contribution in [0.15, 0.2) is 18.2 Å². The second-order valence-electron chi connectivity index (χ2n) is 5.34. The smallest absolute Gasteiger partial charge is 0.270 e. The molecule has 1 aromatic heterocycles. The monoisotopic (exact) mass is 261 g/mol. The summed E-state index contributed by atoms with van der Waals surface area (Å²) in [7, 11) is 1.80. The molecule has 0 spiro atoms. The van der Waals surface area contributed by atoms with Crippen LogP contribution in [-0.4, -0.2) is 24.0 Å². The molecule has 0 aliphatic heterocycles. The van der Waals surface area contributed by atoms with Crippen LogP contribution in [0.25, 0.3) is 0 Å². The third kappa shape index (κ3) is 3.06. The van der Waals surface area contributed by atoms with Gasteiger partial charge in [-0.25, -0.2) is 4.98 Å². The highest BCUT2D eigenvalue weighted by atomic mass is 16.1. The summed E-state index contributed by atoms with van der Waals surface area (Å²) in [5.41, 5.74) is 0.485. The highest BCUT2D eigenvalue weighted by molar-refractivity contribution is 5.92. The number of aromatic nitrogens is 1. The molecule has 3 unspecified atom stereocenters. The summed E-state index contributed by atoms with van der Waals surface area (Å²) in [6.07, 6.45) is 3.49. The molecule has 3 atom stereocenters. The zero-order valence-electron chi connectivity index (χ0n) is 11.9. The molecule has 0 radical (unpaired) electrons. The summed E-state index contributed by atoms with van der Waals surface area (Å²) in [6, 6.07) is 5.74. The van der Waals surface area contributed by atoms with Crippen molar-refractivity contribution in [3.8, 4) is 0 Å². The summed E-state index contributed by atoms with van der Waals surface area (Å²) in [6.45, 7) is 4.47. The van der Waals surface area contributed by atoms with Crippen molar-refractivity contribution < 1.29 is 4.79 Å². The zero-order valence-corrected chi connectivity index (χ0v) is 11.9. The number of pyridine rings is 1. The van der Waals surface area contributed by atoms with Crippen LogP contribution in [0.1, 0.15) is 43.6 Å². The number of hydrogen-bond donors (Lipinski definition) is 2. The van der Waals surface area contributed by atoms with Crippen LogP contribution in [0.4, 0.5) is 5.82 Å². The van der Waals surface area contributed by atoms with Crippen molar-refractivity contribution in [2.24, 2.45) is 11.8 Å². The van der Waals surface area contributed by atoms with Crippen LogP contribution in [0.2, 0.25) is 0 Å². The first-order valence-electron chi connectivity index (χ1n) is 7.11. The van der Waals surface area contributed by atoms with E-state index in [1.54, 1.807) is 13.1 Å². The summed E-state index contributed by atoms with van der Waals surface area (Å²) < 4.78 is 0. The van der Waals surface area contributed by atoms with Gasteiger partial charge >= 0.3 is 0 Å². The van der Waals surface area contributed by atoms with E-state index in [4.69, 9.17) is 0 Å². The first-order valence-corrected chi connectivity index (χ1v) is 7.11. The van der Waals surface area contributed by atoms with Gasteiger partial charge in [-0.3, -0.25) is 4.79 Å². The number of anilines is 1. The van der Waals surface area contributed by atoms with Crippen molar-refractivity contribution in [3.05, 3.63) is 23.9 Å². The lowest BCUT2D eigenvalue weighted by Crippen LogP contribution is -2.37. The second-order valence-corrected chi connectivity index (χ2v) is 5.34. The number of amides is 1. The fourth-order valence-corrected chi connectivity index (χ4v) is 2.97. The van der Waals surface area contributed by atoms with Gasteiger partial charge in [-0.05, 0) is 36.8 Å². The Balaban J connectivity index is 2.01. The third-order valence-corrected chi connectivity index (χ3v) is 4.31. The lowest BCUT2D eigenvalue weighted by molar-refractivity contribution is 0.0921. The second kappa shape index (κ2) is 6.04. The molecule has 1 heterocycles. The van der Waals surface area contributed by atoms with Crippen LogP contribution in [0.5, 0.6) is 0 Å². The van der Waals surface area contributed by atoms with Crippen molar-refractivity contribution in [2.45, 2.75) is 39.2 Å². The maximum atomic E-state index is 12.2. The van der Waals surface area contributed by atoms with Gasteiger partial charge in [0, 0.05) is 13.1 Å². The van der Waals surface area contributed by atoms with Crippen LogP contribution in [0.3, 0.4) is 0 Å². The Hall–Kier alpha value is -1.58. The van der Waals surface area contributed by atoms with E-state index in [9.17, 15) is 4.79 Å². The number of hydrogen-bond acceptors (Lipinski definition) is 3. The molecule has 1 aliphatic rings. The Labute approximate surface area is 115 Å². The molecule has 0 bridgehead atoms. The van der Waals surface area contributed by atoms with Gasteiger partial charge in [0.25, 0.3) is 5.91 Å². The zero-order chi connectivity index (χ0) is 13.8. The molecule has 2 rings (SSSR count). The van der Waals surface area contributed by atoms with E-state index in [1.807, 2.05) is 12.1 Å². The van der Waals surface area contributed by atoms with E-state index in [2.05, 4.69) is 29.5 Å². The Morgan fingerprint density at radius 3 is 2.84 bits per heavy atom. The number of carbonyl (C=O) groups is 1. The predicted molar refractivity (Wildman–Crippen MR) is 77.2 cm³/mol. The Kier molecular flexibility index (Phi) is 4.40. The molecule has 1 aliphatic carbocycles. The average molecular weight is 261 g/mol. The minimum atomic E-state index is -0.0642. The number of nitrogens with one attached hydrogen (secondary N) is 2. The van der Waals surface area contributed by atoms with Gasteiger partial charge < -0.3 is 10.6 Å². The lowest BCUT2D eigenvalue weighted by Gasteiger charge is -2.20. The van der Waals surface area contributed by atoms with Crippen molar-refractivity contribution in [1.82, 2.24) is 10.3 Å². The third-order valence-electron chi connectivity index (χ3n) is 4.31. The fourth-order valence-electron chi connectivity index (χ4n) is 2.97. The van der Waals surface area contributed by atoms with Gasteiger partial charge in [0.15, 0.2) is 0 Å². The minimum absolute atomic E-state index is 0.0642. The largest absolute Gasteiger partial charge is 0.373 e. The maximum absolute atomic E-state index is 12.2. The topological polar surface area (TPSA) is 54.0 Å². The summed E-state index contributed by atoms with van der Waals surface area (Å²) in [4.78, 5) is 16.5. The normalized spacial score (nSPS) is 26.2. The van der Waals surface area contributed by atoms with Gasteiger partial charge in [0.2, 0.25) is 0 Å². The molecule has 1 amide bonds. The van der Waals surface area contributed by atoms with Gasteiger partial charge in [0.05, 0.1) is 0 Å². The number of nitrogens with zero attached hydrogens (tertiary/aromatic N) is 1. The highest BCUT2D eigenvalue weighted by Crippen LogP contribution is 2.33. The maximum Gasteiger partial charge on any atom is 0.270 e. The number of rotatable bonds is 4. The Bertz CT molecular complexity index is 447. The lowest BCUT2D eigenvalue weighted by atomic mass is 9.93. The van der Waals surface area contributed by atoms with E-state index >= 15 is 0 Å². The molecule has 0 aromatic carbocycles. The van der Waals surface area contributed by atoms with E-state index in [0.717, 1.165) is 18.2 Å². The van der Waals surface area contributed by atoms with Crippen molar-refractivity contribution in [1.29, 1.82) is 0 Å². The first kappa shape index (κ1) is 13.8. The van der Waals surface area contributed by atoms with Gasteiger partial charge in [-0.15, -0.1) is 0 Å². The minimum Gasteiger partial charge on any atom is -0.373 e. The molecule has 0 saturated heterocycles. The molecule has 2 N–H and O–H groups in total. The standard InChI is InChI=1S/C15H23N3O/c1-4-11-8-9-12(10(11)2)18-15(19)13-6-5-7-14(16-3)17-13/h5-7,10-12H,4,8-9H2,1-3H3,(H,16,17)(H,18,19). The van der Waals surface area contributed by atoms with Gasteiger partial charge in [-0.2, -0.15) is 0 Å². The summed E-state index contributed by atoms with van der Waals surface area (Å²) in [5, 5.41) is 6.08. The average Bonchev–Trinajstić information content (AvgIpc) is 2.79. The SMILES string of the molecule is CCC1CCC(NC(=O)c2cccc(NC)n2)C1C. The van der Waals surface area contributed by atoms with E-state index < -0.39 is 0 Å². The molecule has 4 nitrogen and oxygen atoms in total. The molecule has 4 heteroatoms. The van der Waals surface area contributed by atoms with E-state index in [0.29, 0.717) is 11.6 Å². The summed E-state index contributed by atoms with van der Waals surface area (Å²) >= 11 is 0. The summed E-state index contributed by atoms with van der Waals surface area (Å²) in [5.74, 6) is 1.95. The molecule has 104 valence electrons. The molecular formula is C15H23N3O. The van der Waals surface area contributed by atoms with Gasteiger partial charge in [0.1, 0.15) is 11.5 Å². The van der Waals surface area contributed by atoms with Crippen LogP contribution in [0, 0.1) is 11.8 Å². The first-order chi connectivity index (χ1) is 9.15. The molecular weight excluding hydrogens is 238 g/mol. The Morgan fingerprint density at radius 1 is 1.42 bits per heavy atom. The van der Waals surface area contributed by atoms with Crippen molar-refractivity contribution >= 4 is 11.7 Å². The fraction of sp³-hybridized carbons (Fsp3) is 0.600.